The molecule has 150 valence electrons. The molecule has 0 atom stereocenters. The van der Waals surface area contributed by atoms with E-state index >= 15 is 0 Å². The molecular weight excluding hydrogens is 394 g/mol. The molecule has 1 aliphatic heterocycles. The smallest absolute Gasteiger partial charge is 0.265 e. The van der Waals surface area contributed by atoms with Gasteiger partial charge in [0.25, 0.3) is 15.9 Å². The van der Waals surface area contributed by atoms with Gasteiger partial charge in [-0.05, 0) is 62.1 Å². The van der Waals surface area contributed by atoms with E-state index in [1.54, 1.807) is 12.1 Å². The second-order valence-electron chi connectivity index (χ2n) is 6.79. The third-order valence-electron chi connectivity index (χ3n) is 4.61. The van der Waals surface area contributed by atoms with E-state index in [4.69, 9.17) is 0 Å². The largest absolute Gasteiger partial charge is 0.321 e. The van der Waals surface area contributed by atoms with Crippen LogP contribution < -0.4 is 10.0 Å². The summed E-state index contributed by atoms with van der Waals surface area (Å²) in [6.45, 7) is 4.72. The van der Waals surface area contributed by atoms with Crippen molar-refractivity contribution in [3.8, 4) is 0 Å². The van der Waals surface area contributed by atoms with Crippen LogP contribution in [0.4, 0.5) is 5.69 Å². The maximum absolute atomic E-state index is 12.6. The number of amidine groups is 1. The number of hydrogen-bond acceptors (Lipinski definition) is 5. The van der Waals surface area contributed by atoms with Gasteiger partial charge in [-0.2, -0.15) is 0 Å². The first kappa shape index (κ1) is 20.5. The Labute approximate surface area is 170 Å². The predicted octanol–water partition coefficient (Wildman–Crippen LogP) is 4.12. The summed E-state index contributed by atoms with van der Waals surface area (Å²) in [6.07, 6.45) is 4.53. The van der Waals surface area contributed by atoms with Crippen LogP contribution in [-0.2, 0) is 16.4 Å². The Morgan fingerprint density at radius 1 is 1.18 bits per heavy atom. The summed E-state index contributed by atoms with van der Waals surface area (Å²) < 4.78 is 27.7. The minimum absolute atomic E-state index is 0.151. The third kappa shape index (κ3) is 4.99. The number of hydrogen-bond donors (Lipinski definition) is 2. The van der Waals surface area contributed by atoms with Crippen molar-refractivity contribution >= 4 is 38.8 Å². The molecule has 2 heterocycles. The molecule has 0 aliphatic carbocycles. The fourth-order valence-electron chi connectivity index (χ4n) is 3.06. The second-order valence-corrected chi connectivity index (χ2v) is 9.61. The van der Waals surface area contributed by atoms with E-state index in [1.807, 2.05) is 13.0 Å². The van der Waals surface area contributed by atoms with Gasteiger partial charge < -0.3 is 5.32 Å². The van der Waals surface area contributed by atoms with E-state index in [2.05, 4.69) is 22.0 Å². The van der Waals surface area contributed by atoms with Gasteiger partial charge in [-0.3, -0.25) is 14.5 Å². The van der Waals surface area contributed by atoms with E-state index < -0.39 is 10.0 Å². The zero-order valence-electron chi connectivity index (χ0n) is 16.1. The number of carbonyl (C=O) groups is 1. The molecule has 2 aromatic rings. The molecule has 1 amide bonds. The number of carbonyl (C=O) groups excluding carboxylic acids is 1. The molecule has 0 saturated heterocycles. The molecule has 28 heavy (non-hydrogen) atoms. The zero-order valence-corrected chi connectivity index (χ0v) is 17.8. The van der Waals surface area contributed by atoms with Crippen LogP contribution in [-0.4, -0.2) is 26.7 Å². The van der Waals surface area contributed by atoms with E-state index in [1.165, 1.54) is 28.3 Å². The number of nitrogens with zero attached hydrogens (tertiary/aromatic N) is 1. The highest BCUT2D eigenvalue weighted by Crippen LogP contribution is 2.24. The number of aryl methyl sites for hydroxylation is 2. The van der Waals surface area contributed by atoms with Gasteiger partial charge >= 0.3 is 0 Å². The minimum Gasteiger partial charge on any atom is -0.321 e. The first-order chi connectivity index (χ1) is 13.4. The molecule has 8 heteroatoms. The number of thiophene rings is 1. The molecule has 0 saturated carbocycles. The van der Waals surface area contributed by atoms with Gasteiger partial charge in [-0.25, -0.2) is 8.42 Å². The Hall–Kier alpha value is -2.19. The molecule has 3 rings (SSSR count). The van der Waals surface area contributed by atoms with Crippen LogP contribution in [0.25, 0.3) is 0 Å². The van der Waals surface area contributed by atoms with Crippen LogP contribution in [0, 0.1) is 6.92 Å². The van der Waals surface area contributed by atoms with Gasteiger partial charge in [0.1, 0.15) is 5.84 Å². The number of nitrogens with one attached hydrogen (secondary N) is 2. The molecule has 0 unspecified atom stereocenters. The van der Waals surface area contributed by atoms with E-state index in [0.29, 0.717) is 29.4 Å². The van der Waals surface area contributed by atoms with Crippen molar-refractivity contribution in [2.45, 2.75) is 50.8 Å². The second kappa shape index (κ2) is 8.87. The zero-order chi connectivity index (χ0) is 20.1. The van der Waals surface area contributed by atoms with Crippen molar-refractivity contribution in [3.05, 3.63) is 45.6 Å². The van der Waals surface area contributed by atoms with Crippen LogP contribution in [0.5, 0.6) is 0 Å². The molecule has 0 fully saturated rings. The number of sulfonamides is 1. The highest BCUT2D eigenvalue weighted by atomic mass is 32.2. The van der Waals surface area contributed by atoms with Crippen LogP contribution in [0.3, 0.4) is 0 Å². The van der Waals surface area contributed by atoms with Crippen LogP contribution >= 0.6 is 11.3 Å². The number of rotatable bonds is 5. The van der Waals surface area contributed by atoms with Gasteiger partial charge in [0.15, 0.2) is 0 Å². The van der Waals surface area contributed by atoms with Crippen molar-refractivity contribution in [3.63, 3.8) is 0 Å². The number of aliphatic imine (C=N–C) groups is 1. The predicted molar refractivity (Wildman–Crippen MR) is 114 cm³/mol. The standard InChI is InChI=1S/C20H25N3O3S2/c1-3-17-14(2)13-18(27-17)20(24)22-15-8-10-16(11-9-15)28(25,26)23-19-7-5-4-6-12-21-19/h8-11,13H,3-7,12H2,1-2H3,(H,21,23)(H,22,24). The Morgan fingerprint density at radius 2 is 1.93 bits per heavy atom. The SMILES string of the molecule is CCc1sc(C(=O)Nc2ccc(S(=O)(=O)NC3=NCCCCC3)cc2)cc1C. The summed E-state index contributed by atoms with van der Waals surface area (Å²) in [5, 5.41) is 2.82. The van der Waals surface area contributed by atoms with Gasteiger partial charge in [0.2, 0.25) is 0 Å². The van der Waals surface area contributed by atoms with E-state index in [-0.39, 0.29) is 10.8 Å². The van der Waals surface area contributed by atoms with Crippen LogP contribution in [0.2, 0.25) is 0 Å². The van der Waals surface area contributed by atoms with Gasteiger partial charge in [-0.15, -0.1) is 11.3 Å². The molecule has 2 N–H and O–H groups in total. The number of benzene rings is 1. The van der Waals surface area contributed by atoms with E-state index in [9.17, 15) is 13.2 Å². The van der Waals surface area contributed by atoms with Crippen molar-refractivity contribution in [2.24, 2.45) is 4.99 Å². The molecule has 0 spiro atoms. The van der Waals surface area contributed by atoms with Crippen LogP contribution in [0.15, 0.2) is 40.2 Å². The Morgan fingerprint density at radius 3 is 2.61 bits per heavy atom. The van der Waals surface area contributed by atoms with Crippen molar-refractivity contribution in [1.29, 1.82) is 0 Å². The molecule has 1 aromatic heterocycles. The molecule has 0 radical (unpaired) electrons. The molecule has 6 nitrogen and oxygen atoms in total. The van der Waals surface area contributed by atoms with Crippen LogP contribution in [0.1, 0.15) is 52.7 Å². The summed E-state index contributed by atoms with van der Waals surface area (Å²) in [4.78, 5) is 18.7. The lowest BCUT2D eigenvalue weighted by Gasteiger charge is -2.10. The fraction of sp³-hybridized carbons (Fsp3) is 0.400. The van der Waals surface area contributed by atoms with Gasteiger partial charge in [0.05, 0.1) is 9.77 Å². The molecule has 1 aliphatic rings. The summed E-state index contributed by atoms with van der Waals surface area (Å²) in [5.74, 6) is 0.337. The quantitative estimate of drug-likeness (QED) is 0.764. The monoisotopic (exact) mass is 419 g/mol. The normalized spacial score (nSPS) is 14.9. The Bertz CT molecular complexity index is 977. The average Bonchev–Trinajstić information content (AvgIpc) is 2.86. The highest BCUT2D eigenvalue weighted by Gasteiger charge is 2.18. The summed E-state index contributed by atoms with van der Waals surface area (Å²) >= 11 is 1.48. The maximum Gasteiger partial charge on any atom is 0.265 e. The topological polar surface area (TPSA) is 87.6 Å². The van der Waals surface area contributed by atoms with Crippen molar-refractivity contribution in [1.82, 2.24) is 4.72 Å². The third-order valence-corrected chi connectivity index (χ3v) is 7.39. The fourth-order valence-corrected chi connectivity index (χ4v) is 5.16. The average molecular weight is 420 g/mol. The Kier molecular flexibility index (Phi) is 6.51. The minimum atomic E-state index is -3.67. The summed E-state index contributed by atoms with van der Waals surface area (Å²) in [5.41, 5.74) is 1.67. The Balaban J connectivity index is 1.68. The van der Waals surface area contributed by atoms with Crippen molar-refractivity contribution in [2.75, 3.05) is 11.9 Å². The lowest BCUT2D eigenvalue weighted by Crippen LogP contribution is -2.30. The summed E-state index contributed by atoms with van der Waals surface area (Å²) in [6, 6.07) is 8.07. The molecule has 1 aromatic carbocycles. The molecule has 0 bridgehead atoms. The summed E-state index contributed by atoms with van der Waals surface area (Å²) in [7, 11) is -3.67. The first-order valence-corrected chi connectivity index (χ1v) is 11.8. The lowest BCUT2D eigenvalue weighted by atomic mass is 10.2. The lowest BCUT2D eigenvalue weighted by molar-refractivity contribution is 0.103. The first-order valence-electron chi connectivity index (χ1n) is 9.46. The van der Waals surface area contributed by atoms with Gasteiger partial charge in [-0.1, -0.05) is 13.3 Å². The molecular formula is C20H25N3O3S2. The highest BCUT2D eigenvalue weighted by molar-refractivity contribution is 7.90. The number of amides is 1. The number of anilines is 1. The van der Waals surface area contributed by atoms with Gasteiger partial charge in [0, 0.05) is 23.5 Å². The van der Waals surface area contributed by atoms with Crippen molar-refractivity contribution < 1.29 is 13.2 Å². The van der Waals surface area contributed by atoms with E-state index in [0.717, 1.165) is 31.2 Å². The maximum atomic E-state index is 12.6.